The van der Waals surface area contributed by atoms with Crippen LogP contribution in [0.5, 0.6) is 0 Å². The van der Waals surface area contributed by atoms with Crippen molar-refractivity contribution in [2.75, 3.05) is 0 Å². The molecule has 0 N–H and O–H groups in total. The lowest BCUT2D eigenvalue weighted by Crippen LogP contribution is -2.66. The molecule has 2 rings (SSSR count). The molecule has 0 radical (unpaired) electrons. The molecule has 0 aliphatic carbocycles. The Kier molecular flexibility index (Phi) is 5.08. The Bertz CT molecular complexity index is 515. The van der Waals surface area contributed by atoms with Crippen LogP contribution in [0.3, 0.4) is 0 Å². The third-order valence-corrected chi connectivity index (χ3v) is 5.61. The van der Waals surface area contributed by atoms with Crippen LogP contribution in [0.4, 0.5) is 0 Å². The fraction of sp³-hybridized carbons (Fsp3) is 0.632. The van der Waals surface area contributed by atoms with E-state index in [4.69, 9.17) is 4.84 Å². The van der Waals surface area contributed by atoms with Gasteiger partial charge in [0, 0.05) is 12.3 Å². The largest absolute Gasteiger partial charge is 0.299 e. The van der Waals surface area contributed by atoms with Crippen molar-refractivity contribution in [1.82, 2.24) is 5.06 Å². The first kappa shape index (κ1) is 17.2. The minimum Gasteiger partial charge on any atom is -0.299 e. The summed E-state index contributed by atoms with van der Waals surface area (Å²) in [4.78, 5) is 18.8. The normalized spacial score (nSPS) is 33.1. The van der Waals surface area contributed by atoms with Crippen LogP contribution in [0.2, 0.25) is 0 Å². The topological polar surface area (TPSA) is 29.5 Å². The van der Waals surface area contributed by atoms with Gasteiger partial charge in [-0.25, -0.2) is 0 Å². The van der Waals surface area contributed by atoms with E-state index in [1.165, 1.54) is 0 Å². The molecular weight excluding hydrogens is 274 g/mol. The number of nitrogens with zero attached hydrogens (tertiary/aromatic N) is 1. The first-order chi connectivity index (χ1) is 10.4. The Morgan fingerprint density at radius 2 is 1.82 bits per heavy atom. The van der Waals surface area contributed by atoms with Crippen molar-refractivity contribution in [3.8, 4) is 0 Å². The zero-order valence-corrected chi connectivity index (χ0v) is 14.6. The summed E-state index contributed by atoms with van der Waals surface area (Å²) in [5.74, 6) is 0.348. The summed E-state index contributed by atoms with van der Waals surface area (Å²) in [5, 5.41) is 2.14. The van der Waals surface area contributed by atoms with E-state index < -0.39 is 0 Å². The highest BCUT2D eigenvalue weighted by molar-refractivity contribution is 5.84. The predicted molar refractivity (Wildman–Crippen MR) is 89.3 cm³/mol. The molecule has 1 heterocycles. The van der Waals surface area contributed by atoms with Crippen LogP contribution >= 0.6 is 0 Å². The smallest absolute Gasteiger partial charge is 0.139 e. The van der Waals surface area contributed by atoms with Gasteiger partial charge in [-0.15, -0.1) is 0 Å². The van der Waals surface area contributed by atoms with Crippen LogP contribution in [-0.4, -0.2) is 21.9 Å². The number of benzene rings is 1. The van der Waals surface area contributed by atoms with Crippen molar-refractivity contribution in [2.24, 2.45) is 5.92 Å². The standard InChI is InChI=1S/C19H29NO2/c1-6-18(4)13-17(21)15(3)19(5,7-2)20(18)22-14-16-11-9-8-10-12-16/h8-12,15H,6-7,13-14H2,1-5H3. The minimum absolute atomic E-state index is 0.00658. The molecule has 3 atom stereocenters. The second kappa shape index (κ2) is 6.51. The summed E-state index contributed by atoms with van der Waals surface area (Å²) < 4.78 is 0. The van der Waals surface area contributed by atoms with Gasteiger partial charge < -0.3 is 0 Å². The van der Waals surface area contributed by atoms with E-state index in [0.29, 0.717) is 18.8 Å². The molecule has 3 nitrogen and oxygen atoms in total. The summed E-state index contributed by atoms with van der Waals surface area (Å²) in [6.07, 6.45) is 2.36. The average Bonchev–Trinajstić information content (AvgIpc) is 2.53. The van der Waals surface area contributed by atoms with Gasteiger partial charge in [0.15, 0.2) is 0 Å². The maximum atomic E-state index is 12.5. The van der Waals surface area contributed by atoms with Gasteiger partial charge in [0.25, 0.3) is 0 Å². The Hall–Kier alpha value is -1.19. The number of rotatable bonds is 5. The number of carbonyl (C=O) groups excluding carboxylic acids is 1. The number of piperidine rings is 1. The Morgan fingerprint density at radius 1 is 1.18 bits per heavy atom. The average molecular weight is 303 g/mol. The van der Waals surface area contributed by atoms with Crippen LogP contribution < -0.4 is 0 Å². The van der Waals surface area contributed by atoms with Gasteiger partial charge in [-0.05, 0) is 32.3 Å². The maximum absolute atomic E-state index is 12.5. The quantitative estimate of drug-likeness (QED) is 0.809. The molecule has 22 heavy (non-hydrogen) atoms. The van der Waals surface area contributed by atoms with E-state index in [1.807, 2.05) is 25.1 Å². The number of hydroxylamine groups is 2. The zero-order valence-electron chi connectivity index (χ0n) is 14.6. The number of carbonyl (C=O) groups is 1. The van der Waals surface area contributed by atoms with Crippen LogP contribution in [0, 0.1) is 5.92 Å². The molecule has 0 spiro atoms. The van der Waals surface area contributed by atoms with Gasteiger partial charge in [-0.3, -0.25) is 9.63 Å². The first-order valence-electron chi connectivity index (χ1n) is 8.37. The van der Waals surface area contributed by atoms with E-state index in [0.717, 1.165) is 18.4 Å². The number of ketones is 1. The molecule has 0 bridgehead atoms. The monoisotopic (exact) mass is 303 g/mol. The van der Waals surface area contributed by atoms with Crippen LogP contribution in [-0.2, 0) is 16.2 Å². The van der Waals surface area contributed by atoms with E-state index in [1.54, 1.807) is 0 Å². The fourth-order valence-electron chi connectivity index (χ4n) is 3.47. The molecule has 3 unspecified atom stereocenters. The number of hydrogen-bond acceptors (Lipinski definition) is 3. The molecule has 0 amide bonds. The lowest BCUT2D eigenvalue weighted by Gasteiger charge is -2.55. The van der Waals surface area contributed by atoms with Crippen molar-refractivity contribution < 1.29 is 9.63 Å². The lowest BCUT2D eigenvalue weighted by atomic mass is 9.70. The fourth-order valence-corrected chi connectivity index (χ4v) is 3.47. The summed E-state index contributed by atoms with van der Waals surface area (Å²) in [5.41, 5.74) is 0.668. The van der Waals surface area contributed by atoms with Crippen molar-refractivity contribution in [3.05, 3.63) is 35.9 Å². The van der Waals surface area contributed by atoms with Crippen molar-refractivity contribution in [1.29, 1.82) is 0 Å². The lowest BCUT2D eigenvalue weighted by molar-refractivity contribution is -0.301. The van der Waals surface area contributed by atoms with Crippen LogP contribution in [0.25, 0.3) is 0 Å². The second-order valence-electron chi connectivity index (χ2n) is 6.98. The Labute approximate surface area is 134 Å². The summed E-state index contributed by atoms with van der Waals surface area (Å²) in [6, 6.07) is 10.2. The van der Waals surface area contributed by atoms with Gasteiger partial charge in [0.2, 0.25) is 0 Å². The Morgan fingerprint density at radius 3 is 2.36 bits per heavy atom. The predicted octanol–water partition coefficient (Wildman–Crippen LogP) is 4.37. The van der Waals surface area contributed by atoms with E-state index in [2.05, 4.69) is 44.9 Å². The maximum Gasteiger partial charge on any atom is 0.139 e. The molecule has 0 saturated carbocycles. The molecule has 1 aromatic carbocycles. The van der Waals surface area contributed by atoms with Gasteiger partial charge in [0.1, 0.15) is 5.78 Å². The highest BCUT2D eigenvalue weighted by Gasteiger charge is 2.53. The van der Waals surface area contributed by atoms with Gasteiger partial charge in [-0.2, -0.15) is 5.06 Å². The van der Waals surface area contributed by atoms with Gasteiger partial charge >= 0.3 is 0 Å². The highest BCUT2D eigenvalue weighted by atomic mass is 16.7. The number of hydrogen-bond donors (Lipinski definition) is 0. The molecule has 0 aromatic heterocycles. The van der Waals surface area contributed by atoms with Crippen molar-refractivity contribution in [3.63, 3.8) is 0 Å². The molecule has 122 valence electrons. The summed E-state index contributed by atoms with van der Waals surface area (Å²) in [6.45, 7) is 11.2. The molecular formula is C19H29NO2. The van der Waals surface area contributed by atoms with Crippen LogP contribution in [0.1, 0.15) is 59.4 Å². The minimum atomic E-state index is -0.255. The van der Waals surface area contributed by atoms with Crippen molar-refractivity contribution in [2.45, 2.75) is 71.6 Å². The third kappa shape index (κ3) is 2.97. The summed E-state index contributed by atoms with van der Waals surface area (Å²) in [7, 11) is 0. The van der Waals surface area contributed by atoms with Gasteiger partial charge in [0.05, 0.1) is 17.7 Å². The SMILES string of the molecule is CCC1(C)CC(=O)C(C)C(C)(CC)N1OCc1ccccc1. The van der Waals surface area contributed by atoms with E-state index in [-0.39, 0.29) is 17.0 Å². The van der Waals surface area contributed by atoms with Crippen LogP contribution in [0.15, 0.2) is 30.3 Å². The molecule has 1 aliphatic rings. The molecule has 1 aromatic rings. The van der Waals surface area contributed by atoms with E-state index in [9.17, 15) is 4.79 Å². The highest BCUT2D eigenvalue weighted by Crippen LogP contribution is 2.44. The second-order valence-corrected chi connectivity index (χ2v) is 6.98. The molecule has 1 aliphatic heterocycles. The summed E-state index contributed by atoms with van der Waals surface area (Å²) >= 11 is 0. The van der Waals surface area contributed by atoms with Gasteiger partial charge in [-0.1, -0.05) is 51.1 Å². The molecule has 1 fully saturated rings. The molecule has 1 saturated heterocycles. The number of Topliss-reactive ketones (excluding diaryl/α,β-unsaturated/α-hetero) is 1. The van der Waals surface area contributed by atoms with Crippen molar-refractivity contribution >= 4 is 5.78 Å². The Balaban J connectivity index is 2.27. The first-order valence-corrected chi connectivity index (χ1v) is 8.37. The molecule has 3 heteroatoms. The van der Waals surface area contributed by atoms with E-state index >= 15 is 0 Å². The zero-order chi connectivity index (χ0) is 16.4. The third-order valence-electron chi connectivity index (χ3n) is 5.61.